The lowest BCUT2D eigenvalue weighted by Crippen LogP contribution is -2.51. The van der Waals surface area contributed by atoms with Crippen LogP contribution in [0, 0.1) is 0 Å². The summed E-state index contributed by atoms with van der Waals surface area (Å²) in [6.45, 7) is 1.27. The minimum absolute atomic E-state index is 0.157. The molecule has 0 unspecified atom stereocenters. The van der Waals surface area contributed by atoms with Crippen molar-refractivity contribution in [2.75, 3.05) is 6.54 Å². The summed E-state index contributed by atoms with van der Waals surface area (Å²) in [5, 5.41) is 34.9. The topological polar surface area (TPSA) is 87.5 Å². The van der Waals surface area contributed by atoms with E-state index >= 15 is 0 Å². The van der Waals surface area contributed by atoms with Crippen LogP contribution in [0.25, 0.3) is 0 Å². The van der Waals surface area contributed by atoms with Crippen LogP contribution in [0.3, 0.4) is 0 Å². The van der Waals surface area contributed by atoms with Crippen molar-refractivity contribution < 1.29 is 20.1 Å². The van der Waals surface area contributed by atoms with Crippen LogP contribution in [0.4, 0.5) is 4.79 Å². The molecule has 1 aliphatic heterocycles. The van der Waals surface area contributed by atoms with Crippen LogP contribution in [-0.2, 0) is 26.1 Å². The zero-order valence-electron chi connectivity index (χ0n) is 21.7. The fourth-order valence-corrected chi connectivity index (χ4v) is 5.03. The van der Waals surface area contributed by atoms with Gasteiger partial charge < -0.3 is 20.2 Å². The maximum Gasteiger partial charge on any atom is 0.335 e. The van der Waals surface area contributed by atoms with Crippen molar-refractivity contribution in [1.29, 1.82) is 0 Å². The highest BCUT2D eigenvalue weighted by molar-refractivity contribution is 5.75. The molecule has 1 fully saturated rings. The molecule has 0 spiro atoms. The second kappa shape index (κ2) is 12.0. The smallest absolute Gasteiger partial charge is 0.335 e. The van der Waals surface area contributed by atoms with Gasteiger partial charge in [-0.05, 0) is 52.9 Å². The van der Waals surface area contributed by atoms with E-state index in [1.54, 1.807) is 58.4 Å². The van der Waals surface area contributed by atoms with Gasteiger partial charge in [-0.2, -0.15) is 0 Å². The predicted octanol–water partition coefficient (Wildman–Crippen LogP) is 4.93. The molecule has 3 N–H and O–H groups in total. The van der Waals surface area contributed by atoms with Crippen molar-refractivity contribution in [2.24, 2.45) is 0 Å². The lowest BCUT2D eigenvalue weighted by molar-refractivity contribution is -0.0213. The van der Waals surface area contributed by atoms with Gasteiger partial charge in [-0.1, -0.05) is 84.9 Å². The van der Waals surface area contributed by atoms with Gasteiger partial charge in [0.05, 0.1) is 18.7 Å². The van der Waals surface area contributed by atoms with E-state index in [4.69, 9.17) is 0 Å². The van der Waals surface area contributed by atoms with Gasteiger partial charge in [-0.15, -0.1) is 0 Å². The summed E-state index contributed by atoms with van der Waals surface area (Å²) >= 11 is 0. The Morgan fingerprint density at radius 2 is 1.10 bits per heavy atom. The molecular formula is C32H33N3O4. The molecule has 200 valence electrons. The molecule has 1 heterocycles. The number of aliphatic hydroxyl groups is 1. The number of carbonyl (C=O) groups is 1. The average Bonchev–Trinajstić information content (AvgIpc) is 3.03. The van der Waals surface area contributed by atoms with Crippen molar-refractivity contribution in [1.82, 2.24) is 14.9 Å². The summed E-state index contributed by atoms with van der Waals surface area (Å²) in [7, 11) is 0. The third-order valence-electron chi connectivity index (χ3n) is 7.10. The number of aromatic hydroxyl groups is 2. The first-order chi connectivity index (χ1) is 19.0. The second-order valence-corrected chi connectivity index (χ2v) is 9.96. The number of phenolic OH excluding ortho intramolecular Hbond substituents is 2. The van der Waals surface area contributed by atoms with Gasteiger partial charge in [0.2, 0.25) is 0 Å². The number of rotatable bonds is 8. The quantitative estimate of drug-likeness (QED) is 0.305. The number of benzene rings is 4. The Balaban J connectivity index is 1.53. The molecule has 5 rings (SSSR count). The highest BCUT2D eigenvalue weighted by atomic mass is 16.3. The van der Waals surface area contributed by atoms with Crippen molar-refractivity contribution in [2.45, 2.75) is 38.2 Å². The second-order valence-electron chi connectivity index (χ2n) is 9.96. The van der Waals surface area contributed by atoms with Crippen molar-refractivity contribution in [3.8, 4) is 11.5 Å². The first kappa shape index (κ1) is 26.3. The molecule has 0 radical (unpaired) electrons. The predicted molar refractivity (Wildman–Crippen MR) is 149 cm³/mol. The number of nitrogens with zero attached hydrogens (tertiary/aromatic N) is 3. The molecular weight excluding hydrogens is 490 g/mol. The molecule has 0 aromatic heterocycles. The van der Waals surface area contributed by atoms with Gasteiger partial charge in [0.1, 0.15) is 11.5 Å². The number of urea groups is 1. The number of β-amino-alcohol motifs (C(OH)–C–C–N with tert-alkyl or cyclic N) is 1. The zero-order chi connectivity index (χ0) is 27.2. The van der Waals surface area contributed by atoms with E-state index in [1.165, 1.54) is 0 Å². The standard InChI is InChI=1S/C32H33N3O4/c36-28-15-11-26(12-16-28)21-34-30(19-24-7-3-1-4-8-24)31(38)23-33(20-25-9-5-2-6-10-25)35(32(34)39)22-27-13-17-29(37)18-14-27/h1-18,30-31,36-38H,19-23H2/t30-,31-/m1/s1. The third-order valence-corrected chi connectivity index (χ3v) is 7.10. The molecule has 1 aliphatic rings. The summed E-state index contributed by atoms with van der Waals surface area (Å²) in [5.74, 6) is 0.319. The van der Waals surface area contributed by atoms with Gasteiger partial charge in [0.25, 0.3) is 0 Å². The Kier molecular flexibility index (Phi) is 8.10. The summed E-state index contributed by atoms with van der Waals surface area (Å²) in [6.07, 6.45) is -0.322. The zero-order valence-corrected chi connectivity index (χ0v) is 21.7. The minimum Gasteiger partial charge on any atom is -0.508 e. The van der Waals surface area contributed by atoms with Gasteiger partial charge >= 0.3 is 6.03 Å². The molecule has 7 nitrogen and oxygen atoms in total. The number of carbonyl (C=O) groups excluding carboxylic acids is 1. The van der Waals surface area contributed by atoms with E-state index in [0.29, 0.717) is 13.0 Å². The monoisotopic (exact) mass is 523 g/mol. The van der Waals surface area contributed by atoms with E-state index in [0.717, 1.165) is 22.3 Å². The molecule has 7 heteroatoms. The van der Waals surface area contributed by atoms with E-state index in [1.807, 2.05) is 65.7 Å². The molecule has 1 saturated heterocycles. The van der Waals surface area contributed by atoms with Crippen molar-refractivity contribution >= 4 is 6.03 Å². The molecule has 0 saturated carbocycles. The first-order valence-electron chi connectivity index (χ1n) is 13.1. The maximum absolute atomic E-state index is 14.4. The Labute approximate surface area is 228 Å². The highest BCUT2D eigenvalue weighted by Gasteiger charge is 2.40. The number of hydrogen-bond donors (Lipinski definition) is 3. The maximum atomic E-state index is 14.4. The lowest BCUT2D eigenvalue weighted by Gasteiger charge is -2.36. The van der Waals surface area contributed by atoms with Crippen LogP contribution in [0.1, 0.15) is 22.3 Å². The van der Waals surface area contributed by atoms with Gasteiger partial charge in [0.15, 0.2) is 0 Å². The van der Waals surface area contributed by atoms with Crippen molar-refractivity contribution in [3.05, 3.63) is 131 Å². The Morgan fingerprint density at radius 3 is 1.67 bits per heavy atom. The SMILES string of the molecule is O=C1N(Cc2ccc(O)cc2)[C@H](Cc2ccccc2)[C@H](O)CN(Cc2ccccc2)N1Cc1ccc(O)cc1. The third kappa shape index (κ3) is 6.57. The van der Waals surface area contributed by atoms with Crippen molar-refractivity contribution in [3.63, 3.8) is 0 Å². The number of amides is 2. The summed E-state index contributed by atoms with van der Waals surface area (Å²) in [5.41, 5.74) is 3.78. The Bertz CT molecular complexity index is 1350. The molecule has 2 atom stereocenters. The molecule has 2 amide bonds. The van der Waals surface area contributed by atoms with Crippen LogP contribution in [0.5, 0.6) is 11.5 Å². The van der Waals surface area contributed by atoms with Gasteiger partial charge in [0, 0.05) is 19.6 Å². The largest absolute Gasteiger partial charge is 0.508 e. The number of phenols is 2. The summed E-state index contributed by atoms with van der Waals surface area (Å²) in [6, 6.07) is 32.7. The van der Waals surface area contributed by atoms with E-state index < -0.39 is 12.1 Å². The van der Waals surface area contributed by atoms with Crippen LogP contribution < -0.4 is 0 Å². The van der Waals surface area contributed by atoms with E-state index in [-0.39, 0.29) is 37.2 Å². The van der Waals surface area contributed by atoms with E-state index in [2.05, 4.69) is 0 Å². The van der Waals surface area contributed by atoms with Crippen LogP contribution in [-0.4, -0.2) is 55.0 Å². The fraction of sp³-hybridized carbons (Fsp3) is 0.219. The van der Waals surface area contributed by atoms with Crippen LogP contribution in [0.2, 0.25) is 0 Å². The normalized spacial score (nSPS) is 18.2. The molecule has 4 aromatic carbocycles. The molecule has 39 heavy (non-hydrogen) atoms. The van der Waals surface area contributed by atoms with Crippen LogP contribution >= 0.6 is 0 Å². The fourth-order valence-electron chi connectivity index (χ4n) is 5.03. The summed E-state index contributed by atoms with van der Waals surface area (Å²) in [4.78, 5) is 16.2. The molecule has 0 aliphatic carbocycles. The average molecular weight is 524 g/mol. The van der Waals surface area contributed by atoms with Gasteiger partial charge in [-0.3, -0.25) is 5.01 Å². The van der Waals surface area contributed by atoms with Gasteiger partial charge in [-0.25, -0.2) is 9.80 Å². The Morgan fingerprint density at radius 1 is 0.615 bits per heavy atom. The Hall–Kier alpha value is -4.33. The summed E-state index contributed by atoms with van der Waals surface area (Å²) < 4.78 is 0. The lowest BCUT2D eigenvalue weighted by atomic mass is 9.99. The minimum atomic E-state index is -0.820. The number of hydrazine groups is 1. The van der Waals surface area contributed by atoms with Crippen LogP contribution in [0.15, 0.2) is 109 Å². The number of aliphatic hydroxyl groups excluding tert-OH is 1. The molecule has 4 aromatic rings. The number of hydrogen-bond acceptors (Lipinski definition) is 5. The van der Waals surface area contributed by atoms with E-state index in [9.17, 15) is 20.1 Å². The first-order valence-corrected chi connectivity index (χ1v) is 13.1. The molecule has 0 bridgehead atoms. The highest BCUT2D eigenvalue weighted by Crippen LogP contribution is 2.27.